The lowest BCUT2D eigenvalue weighted by Crippen LogP contribution is -2.41. The van der Waals surface area contributed by atoms with Crippen molar-refractivity contribution in [3.8, 4) is 0 Å². The fraction of sp³-hybridized carbons (Fsp3) is 0.333. The normalized spacial score (nSPS) is 19.1. The summed E-state index contributed by atoms with van der Waals surface area (Å²) in [5.74, 6) is -0.898. The lowest BCUT2D eigenvalue weighted by molar-refractivity contribution is -0.385. The van der Waals surface area contributed by atoms with E-state index in [1.807, 2.05) is 0 Å². The number of hydrogen-bond acceptors (Lipinski definition) is 4. The first kappa shape index (κ1) is 13.7. The van der Waals surface area contributed by atoms with Crippen LogP contribution in [0.4, 0.5) is 5.69 Å². The van der Waals surface area contributed by atoms with Crippen LogP contribution >= 0.6 is 15.9 Å². The fourth-order valence-electron chi connectivity index (χ4n) is 2.06. The van der Waals surface area contributed by atoms with Crippen LogP contribution in [0.25, 0.3) is 0 Å². The largest absolute Gasteiger partial charge is 0.296 e. The van der Waals surface area contributed by atoms with Gasteiger partial charge < -0.3 is 0 Å². The van der Waals surface area contributed by atoms with Crippen molar-refractivity contribution in [3.05, 3.63) is 38.3 Å². The predicted octanol–water partition coefficient (Wildman–Crippen LogP) is 1.95. The van der Waals surface area contributed by atoms with Crippen LogP contribution in [-0.2, 0) is 16.0 Å². The van der Waals surface area contributed by atoms with Crippen molar-refractivity contribution >= 4 is 33.4 Å². The van der Waals surface area contributed by atoms with Gasteiger partial charge in [-0.15, -0.1) is 0 Å². The maximum Gasteiger partial charge on any atom is 0.283 e. The summed E-state index contributed by atoms with van der Waals surface area (Å²) in [6, 6.07) is 4.73. The third-order valence-electron chi connectivity index (χ3n) is 3.07. The molecular formula is C12H11BrN2O4. The number of nitro benzene ring substituents is 1. The van der Waals surface area contributed by atoms with E-state index in [4.69, 9.17) is 0 Å². The van der Waals surface area contributed by atoms with Gasteiger partial charge in [0, 0.05) is 18.4 Å². The third kappa shape index (κ3) is 2.98. The summed E-state index contributed by atoms with van der Waals surface area (Å²) in [4.78, 5) is 33.1. The lowest BCUT2D eigenvalue weighted by atomic mass is 9.91. The Labute approximate surface area is 117 Å². The highest BCUT2D eigenvalue weighted by molar-refractivity contribution is 9.10. The number of amides is 2. The quantitative estimate of drug-likeness (QED) is 0.522. The molecule has 2 amide bonds. The van der Waals surface area contributed by atoms with Crippen molar-refractivity contribution in [1.29, 1.82) is 0 Å². The summed E-state index contributed by atoms with van der Waals surface area (Å²) in [7, 11) is 0. The Hall–Kier alpha value is -1.76. The Kier molecular flexibility index (Phi) is 3.94. The molecule has 1 aliphatic rings. The number of rotatable bonds is 3. The minimum atomic E-state index is -0.474. The van der Waals surface area contributed by atoms with Crippen LogP contribution in [0.5, 0.6) is 0 Å². The number of hydrogen-bond donors (Lipinski definition) is 1. The molecular weight excluding hydrogens is 316 g/mol. The fourth-order valence-corrected chi connectivity index (χ4v) is 2.63. The molecule has 1 saturated heterocycles. The van der Waals surface area contributed by atoms with Crippen LogP contribution in [0, 0.1) is 16.0 Å². The number of halogens is 1. The Morgan fingerprint density at radius 2 is 2.16 bits per heavy atom. The van der Waals surface area contributed by atoms with Crippen molar-refractivity contribution in [2.45, 2.75) is 19.3 Å². The average molecular weight is 327 g/mol. The number of imide groups is 1. The molecule has 1 aromatic carbocycles. The maximum absolute atomic E-state index is 11.7. The van der Waals surface area contributed by atoms with E-state index in [0.717, 1.165) is 0 Å². The topological polar surface area (TPSA) is 89.3 Å². The summed E-state index contributed by atoms with van der Waals surface area (Å²) in [6.07, 6.45) is 1.16. The van der Waals surface area contributed by atoms with Gasteiger partial charge in [-0.25, -0.2) is 0 Å². The second kappa shape index (κ2) is 5.48. The summed E-state index contributed by atoms with van der Waals surface area (Å²) < 4.78 is 0.393. The summed E-state index contributed by atoms with van der Waals surface area (Å²) in [6.45, 7) is 0. The highest BCUT2D eigenvalue weighted by Gasteiger charge is 2.28. The van der Waals surface area contributed by atoms with E-state index in [2.05, 4.69) is 21.2 Å². The van der Waals surface area contributed by atoms with E-state index >= 15 is 0 Å². The lowest BCUT2D eigenvalue weighted by Gasteiger charge is -2.21. The number of nitro groups is 1. The zero-order valence-corrected chi connectivity index (χ0v) is 11.5. The summed E-state index contributed by atoms with van der Waals surface area (Å²) >= 11 is 3.20. The molecule has 19 heavy (non-hydrogen) atoms. The molecule has 7 heteroatoms. The molecule has 0 bridgehead atoms. The van der Waals surface area contributed by atoms with Crippen molar-refractivity contribution in [2.75, 3.05) is 0 Å². The molecule has 1 fully saturated rings. The zero-order valence-electron chi connectivity index (χ0n) is 9.89. The van der Waals surface area contributed by atoms with Crippen LogP contribution in [0.2, 0.25) is 0 Å². The van der Waals surface area contributed by atoms with Gasteiger partial charge in [-0.1, -0.05) is 12.1 Å². The van der Waals surface area contributed by atoms with Gasteiger partial charge in [0.05, 0.1) is 9.40 Å². The van der Waals surface area contributed by atoms with Gasteiger partial charge in [0.15, 0.2) is 0 Å². The van der Waals surface area contributed by atoms with E-state index in [0.29, 0.717) is 29.3 Å². The summed E-state index contributed by atoms with van der Waals surface area (Å²) in [5.41, 5.74) is 0.675. The molecule has 0 saturated carbocycles. The number of carbonyl (C=O) groups is 2. The van der Waals surface area contributed by atoms with Crippen LogP contribution in [0.1, 0.15) is 18.4 Å². The monoisotopic (exact) mass is 326 g/mol. The molecule has 0 radical (unpaired) electrons. The first-order chi connectivity index (χ1) is 8.99. The molecule has 100 valence electrons. The van der Waals surface area contributed by atoms with E-state index in [1.54, 1.807) is 12.1 Å². The molecule has 2 rings (SSSR count). The van der Waals surface area contributed by atoms with Crippen molar-refractivity contribution < 1.29 is 14.5 Å². The molecule has 1 unspecified atom stereocenters. The smallest absolute Gasteiger partial charge is 0.283 e. The van der Waals surface area contributed by atoms with Crippen molar-refractivity contribution in [3.63, 3.8) is 0 Å². The Balaban J connectivity index is 2.20. The minimum absolute atomic E-state index is 0.0233. The van der Waals surface area contributed by atoms with E-state index in [1.165, 1.54) is 6.07 Å². The van der Waals surface area contributed by atoms with Gasteiger partial charge in [0.1, 0.15) is 0 Å². The zero-order chi connectivity index (χ0) is 14.0. The Morgan fingerprint density at radius 3 is 2.79 bits per heavy atom. The maximum atomic E-state index is 11.7. The molecule has 0 spiro atoms. The molecule has 1 N–H and O–H groups in total. The standard InChI is InChI=1S/C12H11BrN2O4/c13-11-7(2-1-3-9(11)15(18)19)6-8-4-5-10(16)14-12(8)17/h1-3,8H,4-6H2,(H,14,16,17). The van der Waals surface area contributed by atoms with Gasteiger partial charge >= 0.3 is 0 Å². The van der Waals surface area contributed by atoms with E-state index in [-0.39, 0.29) is 23.4 Å². The van der Waals surface area contributed by atoms with Gasteiger partial charge in [-0.2, -0.15) is 0 Å². The summed E-state index contributed by atoms with van der Waals surface area (Å²) in [5, 5.41) is 13.1. The molecule has 0 aliphatic carbocycles. The van der Waals surface area contributed by atoms with Crippen LogP contribution < -0.4 is 5.32 Å². The number of nitrogens with zero attached hydrogens (tertiary/aromatic N) is 1. The highest BCUT2D eigenvalue weighted by atomic mass is 79.9. The second-order valence-corrected chi connectivity index (χ2v) is 5.15. The molecule has 1 aliphatic heterocycles. The number of nitrogens with one attached hydrogen (secondary N) is 1. The van der Waals surface area contributed by atoms with Crippen LogP contribution in [-0.4, -0.2) is 16.7 Å². The van der Waals surface area contributed by atoms with Crippen molar-refractivity contribution in [1.82, 2.24) is 5.32 Å². The Morgan fingerprint density at radius 1 is 1.42 bits per heavy atom. The van der Waals surface area contributed by atoms with Crippen LogP contribution in [0.3, 0.4) is 0 Å². The van der Waals surface area contributed by atoms with E-state index < -0.39 is 4.92 Å². The first-order valence-corrected chi connectivity index (χ1v) is 6.54. The van der Waals surface area contributed by atoms with Crippen LogP contribution in [0.15, 0.2) is 22.7 Å². The molecule has 1 heterocycles. The molecule has 1 atom stereocenters. The molecule has 6 nitrogen and oxygen atoms in total. The second-order valence-electron chi connectivity index (χ2n) is 4.36. The Bertz CT molecular complexity index is 559. The molecule has 1 aromatic rings. The van der Waals surface area contributed by atoms with E-state index in [9.17, 15) is 19.7 Å². The van der Waals surface area contributed by atoms with Gasteiger partial charge in [-0.05, 0) is 34.3 Å². The third-order valence-corrected chi connectivity index (χ3v) is 3.99. The molecule has 0 aromatic heterocycles. The first-order valence-electron chi connectivity index (χ1n) is 5.74. The van der Waals surface area contributed by atoms with Gasteiger partial charge in [-0.3, -0.25) is 25.0 Å². The van der Waals surface area contributed by atoms with Gasteiger partial charge in [0.2, 0.25) is 11.8 Å². The minimum Gasteiger partial charge on any atom is -0.296 e. The number of benzene rings is 1. The van der Waals surface area contributed by atoms with Crippen molar-refractivity contribution in [2.24, 2.45) is 5.92 Å². The highest BCUT2D eigenvalue weighted by Crippen LogP contribution is 2.31. The number of carbonyl (C=O) groups excluding carboxylic acids is 2. The SMILES string of the molecule is O=C1CCC(Cc2cccc([N+](=O)[O-])c2Br)C(=O)N1. The van der Waals surface area contributed by atoms with Gasteiger partial charge in [0.25, 0.3) is 5.69 Å². The predicted molar refractivity (Wildman–Crippen MR) is 70.4 cm³/mol. The average Bonchev–Trinajstić information content (AvgIpc) is 2.34. The number of piperidine rings is 1.